The molecule has 6 nitrogen and oxygen atoms in total. The van der Waals surface area contributed by atoms with Crippen LogP contribution in [0.1, 0.15) is 42.7 Å². The molecular weight excluding hydrogens is 405 g/mol. The van der Waals surface area contributed by atoms with E-state index in [4.69, 9.17) is 16.3 Å². The van der Waals surface area contributed by atoms with E-state index in [-0.39, 0.29) is 11.9 Å². The Hall–Kier alpha value is -1.96. The summed E-state index contributed by atoms with van der Waals surface area (Å²) in [5, 5.41) is 6.65. The van der Waals surface area contributed by atoms with Crippen molar-refractivity contribution in [3.05, 3.63) is 40.3 Å². The molecule has 0 radical (unpaired) electrons. The first-order chi connectivity index (χ1) is 14.5. The SMILES string of the molecule is Cc1cc(Nc2ncc(Cl)c(NC[C@H]3CCCO3)n2)c(F)cc1C1CCN(C)CC1. The molecule has 0 bridgehead atoms. The van der Waals surface area contributed by atoms with Crippen LogP contribution in [-0.4, -0.2) is 54.3 Å². The van der Waals surface area contributed by atoms with Crippen molar-refractivity contribution in [3.63, 3.8) is 0 Å². The fraction of sp³-hybridized carbons (Fsp3) is 0.545. The summed E-state index contributed by atoms with van der Waals surface area (Å²) in [5.41, 5.74) is 2.55. The standard InChI is InChI=1S/C22H29ClFN5O/c1-14-10-20(19(24)11-17(14)15-5-7-29(2)8-6-15)27-22-26-13-18(23)21(28-22)25-12-16-4-3-9-30-16/h10-11,13,15-16H,3-9,12H2,1-2H3,(H2,25,26,27,28)/t16-/m1/s1. The van der Waals surface area contributed by atoms with Gasteiger partial charge < -0.3 is 20.3 Å². The van der Waals surface area contributed by atoms with Gasteiger partial charge in [0.15, 0.2) is 5.82 Å². The van der Waals surface area contributed by atoms with Gasteiger partial charge in [-0.3, -0.25) is 0 Å². The number of halogens is 2. The van der Waals surface area contributed by atoms with Crippen LogP contribution in [0.5, 0.6) is 0 Å². The van der Waals surface area contributed by atoms with Crippen molar-refractivity contribution in [1.82, 2.24) is 14.9 Å². The Morgan fingerprint density at radius 3 is 2.80 bits per heavy atom. The normalized spacial score (nSPS) is 20.5. The Kier molecular flexibility index (Phi) is 6.71. The van der Waals surface area contributed by atoms with E-state index in [9.17, 15) is 4.39 Å². The van der Waals surface area contributed by atoms with Crippen molar-refractivity contribution in [3.8, 4) is 0 Å². The van der Waals surface area contributed by atoms with Gasteiger partial charge in [-0.15, -0.1) is 0 Å². The van der Waals surface area contributed by atoms with E-state index < -0.39 is 0 Å². The summed E-state index contributed by atoms with van der Waals surface area (Å²) in [5.74, 6) is 0.941. The maximum atomic E-state index is 14.9. The predicted octanol–water partition coefficient (Wildman–Crippen LogP) is 4.72. The number of benzene rings is 1. The fourth-order valence-corrected chi connectivity index (χ4v) is 4.40. The number of aryl methyl sites for hydroxylation is 1. The minimum Gasteiger partial charge on any atom is -0.376 e. The predicted molar refractivity (Wildman–Crippen MR) is 118 cm³/mol. The minimum absolute atomic E-state index is 0.166. The summed E-state index contributed by atoms with van der Waals surface area (Å²) >= 11 is 6.22. The molecule has 0 spiro atoms. The number of hydrogen-bond acceptors (Lipinski definition) is 6. The van der Waals surface area contributed by atoms with Crippen LogP contribution >= 0.6 is 11.6 Å². The van der Waals surface area contributed by atoms with Gasteiger partial charge in [0, 0.05) is 13.2 Å². The van der Waals surface area contributed by atoms with Gasteiger partial charge in [-0.1, -0.05) is 11.6 Å². The average Bonchev–Trinajstić information content (AvgIpc) is 3.25. The van der Waals surface area contributed by atoms with Gasteiger partial charge in [0.25, 0.3) is 0 Å². The second-order valence-corrected chi connectivity index (χ2v) is 8.70. The van der Waals surface area contributed by atoms with E-state index >= 15 is 0 Å². The highest BCUT2D eigenvalue weighted by Crippen LogP contribution is 2.33. The van der Waals surface area contributed by atoms with Crippen LogP contribution in [0.2, 0.25) is 5.02 Å². The average molecular weight is 434 g/mol. The molecule has 0 saturated carbocycles. The second-order valence-electron chi connectivity index (χ2n) is 8.30. The Balaban J connectivity index is 1.47. The largest absolute Gasteiger partial charge is 0.376 e. The molecular formula is C22H29ClFN5O. The zero-order valence-electron chi connectivity index (χ0n) is 17.5. The van der Waals surface area contributed by atoms with Crippen molar-refractivity contribution in [2.75, 3.05) is 43.9 Å². The molecule has 2 fully saturated rings. The summed E-state index contributed by atoms with van der Waals surface area (Å²) in [6.07, 6.45) is 5.90. The number of ether oxygens (including phenoxy) is 1. The van der Waals surface area contributed by atoms with Gasteiger partial charge in [0.2, 0.25) is 5.95 Å². The summed E-state index contributed by atoms with van der Waals surface area (Å²) in [6, 6.07) is 3.51. The van der Waals surface area contributed by atoms with Crippen LogP contribution in [0.3, 0.4) is 0 Å². The first kappa shape index (κ1) is 21.3. The molecule has 1 aromatic carbocycles. The molecule has 2 aliphatic rings. The molecule has 0 aliphatic carbocycles. The summed E-state index contributed by atoms with van der Waals surface area (Å²) < 4.78 is 20.5. The number of nitrogens with zero attached hydrogens (tertiary/aromatic N) is 3. The van der Waals surface area contributed by atoms with Gasteiger partial charge >= 0.3 is 0 Å². The molecule has 3 heterocycles. The number of aromatic nitrogens is 2. The Labute approximate surface area is 182 Å². The maximum Gasteiger partial charge on any atom is 0.229 e. The van der Waals surface area contributed by atoms with Crippen molar-refractivity contribution < 1.29 is 9.13 Å². The zero-order chi connectivity index (χ0) is 21.1. The third-order valence-electron chi connectivity index (χ3n) is 6.03. The third kappa shape index (κ3) is 5.02. The molecule has 0 amide bonds. The number of anilines is 3. The number of rotatable bonds is 6. The fourth-order valence-electron chi connectivity index (χ4n) is 4.24. The lowest BCUT2D eigenvalue weighted by Gasteiger charge is -2.30. The second kappa shape index (κ2) is 9.45. The van der Waals surface area contributed by atoms with E-state index in [0.29, 0.717) is 34.9 Å². The number of nitrogens with one attached hydrogen (secondary N) is 2. The highest BCUT2D eigenvalue weighted by atomic mass is 35.5. The van der Waals surface area contributed by atoms with Crippen molar-refractivity contribution in [2.24, 2.45) is 0 Å². The summed E-state index contributed by atoms with van der Waals surface area (Å²) in [4.78, 5) is 11.0. The first-order valence-corrected chi connectivity index (χ1v) is 11.0. The molecule has 2 saturated heterocycles. The summed E-state index contributed by atoms with van der Waals surface area (Å²) in [7, 11) is 2.13. The molecule has 2 aliphatic heterocycles. The number of piperidine rings is 1. The van der Waals surface area contributed by atoms with Crippen LogP contribution in [0.15, 0.2) is 18.3 Å². The molecule has 162 valence electrons. The lowest BCUT2D eigenvalue weighted by Crippen LogP contribution is -2.29. The molecule has 4 rings (SSSR count). The van der Waals surface area contributed by atoms with Crippen LogP contribution in [0, 0.1) is 12.7 Å². The molecule has 0 unspecified atom stereocenters. The van der Waals surface area contributed by atoms with Gasteiger partial charge in [-0.2, -0.15) is 4.98 Å². The number of hydrogen-bond donors (Lipinski definition) is 2. The third-order valence-corrected chi connectivity index (χ3v) is 6.30. The van der Waals surface area contributed by atoms with E-state index in [1.165, 1.54) is 6.20 Å². The maximum absolute atomic E-state index is 14.9. The van der Waals surface area contributed by atoms with Crippen LogP contribution in [-0.2, 0) is 4.74 Å². The van der Waals surface area contributed by atoms with Crippen LogP contribution in [0.4, 0.5) is 21.8 Å². The van der Waals surface area contributed by atoms with Crippen molar-refractivity contribution in [1.29, 1.82) is 0 Å². The van der Waals surface area contributed by atoms with Crippen LogP contribution in [0.25, 0.3) is 0 Å². The molecule has 8 heteroatoms. The van der Waals surface area contributed by atoms with Gasteiger partial charge in [0.05, 0.1) is 18.0 Å². The van der Waals surface area contributed by atoms with Crippen molar-refractivity contribution >= 4 is 29.1 Å². The molecule has 1 aromatic heterocycles. The quantitative estimate of drug-likeness (QED) is 0.687. The lowest BCUT2D eigenvalue weighted by atomic mass is 9.86. The van der Waals surface area contributed by atoms with Crippen molar-refractivity contribution in [2.45, 2.75) is 44.6 Å². The Morgan fingerprint density at radius 2 is 2.07 bits per heavy atom. The van der Waals surface area contributed by atoms with E-state index in [0.717, 1.165) is 56.5 Å². The zero-order valence-corrected chi connectivity index (χ0v) is 18.3. The molecule has 2 aromatic rings. The van der Waals surface area contributed by atoms with E-state index in [2.05, 4.69) is 32.5 Å². The van der Waals surface area contributed by atoms with E-state index in [1.807, 2.05) is 13.0 Å². The highest BCUT2D eigenvalue weighted by molar-refractivity contribution is 6.32. The van der Waals surface area contributed by atoms with E-state index in [1.54, 1.807) is 6.07 Å². The van der Waals surface area contributed by atoms with Gasteiger partial charge in [0.1, 0.15) is 10.8 Å². The Morgan fingerprint density at radius 1 is 1.27 bits per heavy atom. The topological polar surface area (TPSA) is 62.3 Å². The smallest absolute Gasteiger partial charge is 0.229 e. The molecule has 2 N–H and O–H groups in total. The number of likely N-dealkylation sites (tertiary alicyclic amines) is 1. The van der Waals surface area contributed by atoms with Gasteiger partial charge in [-0.05, 0) is 81.9 Å². The molecule has 30 heavy (non-hydrogen) atoms. The van der Waals surface area contributed by atoms with Crippen LogP contribution < -0.4 is 10.6 Å². The molecule has 1 atom stereocenters. The highest BCUT2D eigenvalue weighted by Gasteiger charge is 2.22. The van der Waals surface area contributed by atoms with Gasteiger partial charge in [-0.25, -0.2) is 9.37 Å². The summed E-state index contributed by atoms with van der Waals surface area (Å²) in [6.45, 7) is 5.56. The Bertz CT molecular complexity index is 882. The lowest BCUT2D eigenvalue weighted by molar-refractivity contribution is 0.120. The first-order valence-electron chi connectivity index (χ1n) is 10.6. The monoisotopic (exact) mass is 433 g/mol. The minimum atomic E-state index is -0.290.